The average molecular weight is 456 g/mol. The van der Waals surface area contributed by atoms with E-state index in [9.17, 15) is 22.8 Å². The first kappa shape index (κ1) is 19.9. The molecule has 1 aromatic heterocycles. The predicted octanol–water partition coefficient (Wildman–Crippen LogP) is 5.30. The Hall–Kier alpha value is -2.81. The molecule has 3 aromatic rings. The SMILES string of the molecule is CN(C)C(=O)Oc1ccc2c(=O)c(-c3ccc(Br)cc3)c(C(F)(F)F)oc2c1. The summed E-state index contributed by atoms with van der Waals surface area (Å²) in [5.74, 6) is -1.46. The van der Waals surface area contributed by atoms with Gasteiger partial charge in [-0.2, -0.15) is 13.2 Å². The van der Waals surface area contributed by atoms with Crippen molar-refractivity contribution >= 4 is 33.0 Å². The lowest BCUT2D eigenvalue weighted by Crippen LogP contribution is -2.25. The summed E-state index contributed by atoms with van der Waals surface area (Å²) in [4.78, 5) is 25.6. The lowest BCUT2D eigenvalue weighted by molar-refractivity contribution is -0.152. The third-order valence-corrected chi connectivity index (χ3v) is 4.35. The van der Waals surface area contributed by atoms with E-state index < -0.39 is 29.0 Å². The molecule has 1 heterocycles. The van der Waals surface area contributed by atoms with E-state index in [1.54, 1.807) is 0 Å². The second-order valence-electron chi connectivity index (χ2n) is 6.06. The molecule has 0 aliphatic rings. The molecule has 0 saturated heterocycles. The molecule has 0 aliphatic heterocycles. The number of fused-ring (bicyclic) bond motifs is 1. The van der Waals surface area contributed by atoms with Crippen LogP contribution in [0.3, 0.4) is 0 Å². The Labute approximate surface area is 165 Å². The Balaban J connectivity index is 2.24. The molecule has 3 rings (SSSR count). The van der Waals surface area contributed by atoms with Crippen molar-refractivity contribution in [3.63, 3.8) is 0 Å². The predicted molar refractivity (Wildman–Crippen MR) is 100 cm³/mol. The van der Waals surface area contributed by atoms with Crippen molar-refractivity contribution in [2.45, 2.75) is 6.18 Å². The van der Waals surface area contributed by atoms with Crippen molar-refractivity contribution < 1.29 is 27.1 Å². The summed E-state index contributed by atoms with van der Waals surface area (Å²) in [5, 5.41) is -0.0597. The van der Waals surface area contributed by atoms with Gasteiger partial charge < -0.3 is 14.1 Å². The van der Waals surface area contributed by atoms with Gasteiger partial charge in [-0.15, -0.1) is 0 Å². The van der Waals surface area contributed by atoms with Crippen molar-refractivity contribution in [3.05, 3.63) is 62.9 Å². The zero-order chi connectivity index (χ0) is 20.6. The van der Waals surface area contributed by atoms with Crippen molar-refractivity contribution in [3.8, 4) is 16.9 Å². The van der Waals surface area contributed by atoms with Gasteiger partial charge in [0.05, 0.1) is 10.9 Å². The summed E-state index contributed by atoms with van der Waals surface area (Å²) in [7, 11) is 2.91. The van der Waals surface area contributed by atoms with Crippen molar-refractivity contribution in [2.24, 2.45) is 0 Å². The molecule has 146 valence electrons. The molecule has 0 atom stereocenters. The summed E-state index contributed by atoms with van der Waals surface area (Å²) in [5.41, 5.74) is -1.66. The summed E-state index contributed by atoms with van der Waals surface area (Å²) in [6.45, 7) is 0. The maximum absolute atomic E-state index is 13.6. The van der Waals surface area contributed by atoms with Gasteiger partial charge in [0.2, 0.25) is 11.2 Å². The maximum atomic E-state index is 13.6. The van der Waals surface area contributed by atoms with Gasteiger partial charge in [0.15, 0.2) is 0 Å². The van der Waals surface area contributed by atoms with Crippen LogP contribution in [0.25, 0.3) is 22.1 Å². The second kappa shape index (κ2) is 7.31. The lowest BCUT2D eigenvalue weighted by atomic mass is 10.0. The van der Waals surface area contributed by atoms with Crippen LogP contribution in [-0.2, 0) is 6.18 Å². The van der Waals surface area contributed by atoms with E-state index in [4.69, 9.17) is 9.15 Å². The number of hydrogen-bond donors (Lipinski definition) is 0. The van der Waals surface area contributed by atoms with Crippen LogP contribution < -0.4 is 10.2 Å². The van der Waals surface area contributed by atoms with Gasteiger partial charge in [0.1, 0.15) is 11.3 Å². The number of alkyl halides is 3. The van der Waals surface area contributed by atoms with E-state index in [-0.39, 0.29) is 22.3 Å². The minimum absolute atomic E-state index is 0.0427. The van der Waals surface area contributed by atoms with Crippen LogP contribution in [0.15, 0.2) is 56.1 Å². The van der Waals surface area contributed by atoms with Crippen LogP contribution in [0.4, 0.5) is 18.0 Å². The third kappa shape index (κ3) is 3.89. The number of carbonyl (C=O) groups excluding carboxylic acids is 1. The summed E-state index contributed by atoms with van der Waals surface area (Å²) in [6, 6.07) is 9.51. The highest BCUT2D eigenvalue weighted by Gasteiger charge is 2.39. The first-order chi connectivity index (χ1) is 13.1. The minimum Gasteiger partial charge on any atom is -0.450 e. The van der Waals surface area contributed by atoms with Crippen LogP contribution in [-0.4, -0.2) is 25.1 Å². The van der Waals surface area contributed by atoms with Gasteiger partial charge in [-0.3, -0.25) is 4.79 Å². The number of carbonyl (C=O) groups is 1. The molecule has 0 unspecified atom stereocenters. The number of amides is 1. The van der Waals surface area contributed by atoms with Gasteiger partial charge in [-0.25, -0.2) is 4.79 Å². The molecule has 0 aliphatic carbocycles. The third-order valence-electron chi connectivity index (χ3n) is 3.82. The molecule has 9 heteroatoms. The molecule has 2 aromatic carbocycles. The Kier molecular flexibility index (Phi) is 5.20. The molecule has 28 heavy (non-hydrogen) atoms. The van der Waals surface area contributed by atoms with Crippen LogP contribution in [0, 0.1) is 0 Å². The molecular formula is C19H13BrF3NO4. The van der Waals surface area contributed by atoms with Gasteiger partial charge in [0.25, 0.3) is 0 Å². The highest BCUT2D eigenvalue weighted by atomic mass is 79.9. The number of halogens is 4. The monoisotopic (exact) mass is 455 g/mol. The molecule has 0 N–H and O–H groups in total. The van der Waals surface area contributed by atoms with E-state index in [1.165, 1.54) is 50.5 Å². The van der Waals surface area contributed by atoms with E-state index in [1.807, 2.05) is 0 Å². The Morgan fingerprint density at radius 3 is 2.32 bits per heavy atom. The van der Waals surface area contributed by atoms with E-state index >= 15 is 0 Å². The van der Waals surface area contributed by atoms with Gasteiger partial charge in [-0.05, 0) is 29.8 Å². The number of benzene rings is 2. The summed E-state index contributed by atoms with van der Waals surface area (Å²) >= 11 is 3.20. The van der Waals surface area contributed by atoms with Gasteiger partial charge >= 0.3 is 12.3 Å². The highest BCUT2D eigenvalue weighted by molar-refractivity contribution is 9.10. The quantitative estimate of drug-likeness (QED) is 0.525. The van der Waals surface area contributed by atoms with Crippen LogP contribution in [0.5, 0.6) is 5.75 Å². The van der Waals surface area contributed by atoms with Crippen molar-refractivity contribution in [1.82, 2.24) is 4.90 Å². The zero-order valence-electron chi connectivity index (χ0n) is 14.6. The van der Waals surface area contributed by atoms with E-state index in [2.05, 4.69) is 15.9 Å². The number of hydrogen-bond acceptors (Lipinski definition) is 4. The van der Waals surface area contributed by atoms with E-state index in [0.717, 1.165) is 11.0 Å². The Morgan fingerprint density at radius 1 is 1.11 bits per heavy atom. The molecule has 0 fully saturated rings. The number of rotatable bonds is 2. The molecule has 1 amide bonds. The normalized spacial score (nSPS) is 11.5. The van der Waals surface area contributed by atoms with Gasteiger partial charge in [0, 0.05) is 24.6 Å². The minimum atomic E-state index is -4.90. The van der Waals surface area contributed by atoms with Crippen LogP contribution in [0.2, 0.25) is 0 Å². The average Bonchev–Trinajstić information content (AvgIpc) is 2.61. The molecule has 0 spiro atoms. The molecule has 0 saturated carbocycles. The molecular weight excluding hydrogens is 443 g/mol. The first-order valence-corrected chi connectivity index (χ1v) is 8.70. The fourth-order valence-corrected chi connectivity index (χ4v) is 2.77. The van der Waals surface area contributed by atoms with E-state index in [0.29, 0.717) is 4.47 Å². The van der Waals surface area contributed by atoms with Crippen molar-refractivity contribution in [2.75, 3.05) is 14.1 Å². The van der Waals surface area contributed by atoms with Crippen LogP contribution >= 0.6 is 15.9 Å². The number of nitrogens with zero attached hydrogens (tertiary/aromatic N) is 1. The summed E-state index contributed by atoms with van der Waals surface area (Å²) < 4.78 is 51.5. The second-order valence-corrected chi connectivity index (χ2v) is 6.98. The van der Waals surface area contributed by atoms with Crippen molar-refractivity contribution in [1.29, 1.82) is 0 Å². The smallest absolute Gasteiger partial charge is 0.450 e. The highest BCUT2D eigenvalue weighted by Crippen LogP contribution is 2.38. The Bertz CT molecular complexity index is 1110. The first-order valence-electron chi connectivity index (χ1n) is 7.91. The fraction of sp³-hybridized carbons (Fsp3) is 0.158. The molecule has 5 nitrogen and oxygen atoms in total. The van der Waals surface area contributed by atoms with Crippen LogP contribution in [0.1, 0.15) is 5.76 Å². The lowest BCUT2D eigenvalue weighted by Gasteiger charge is -2.14. The summed E-state index contributed by atoms with van der Waals surface area (Å²) in [6.07, 6.45) is -5.62. The zero-order valence-corrected chi connectivity index (χ0v) is 16.2. The molecule has 0 bridgehead atoms. The molecule has 0 radical (unpaired) electrons. The van der Waals surface area contributed by atoms with Gasteiger partial charge in [-0.1, -0.05) is 28.1 Å². The number of ether oxygens (including phenoxy) is 1. The standard InChI is InChI=1S/C19H13BrF3NO4/c1-24(2)18(26)27-12-7-8-13-14(9-12)28-17(19(21,22)23)15(16(13)25)10-3-5-11(20)6-4-10/h3-9H,1-2H3. The maximum Gasteiger partial charge on any atom is 0.450 e. The topological polar surface area (TPSA) is 59.8 Å². The Morgan fingerprint density at radius 2 is 1.75 bits per heavy atom. The fourth-order valence-electron chi connectivity index (χ4n) is 2.51. The largest absolute Gasteiger partial charge is 0.450 e.